The molecule has 0 saturated carbocycles. The summed E-state index contributed by atoms with van der Waals surface area (Å²) < 4.78 is 103. The van der Waals surface area contributed by atoms with Gasteiger partial charge in [0.25, 0.3) is 0 Å². The Morgan fingerprint density at radius 2 is 0.917 bits per heavy atom. The first kappa shape index (κ1) is 82.6. The summed E-state index contributed by atoms with van der Waals surface area (Å²) >= 11 is 12.1. The highest BCUT2D eigenvalue weighted by atomic mass is 35.5. The quantitative estimate of drug-likeness (QED) is 0.0188. The highest BCUT2D eigenvalue weighted by molar-refractivity contribution is 7.90. The highest BCUT2D eigenvalue weighted by Gasteiger charge is 2.37. The third kappa shape index (κ3) is 21.7. The van der Waals surface area contributed by atoms with Crippen LogP contribution in [0.25, 0.3) is 21.8 Å². The van der Waals surface area contributed by atoms with Crippen molar-refractivity contribution in [1.29, 1.82) is 15.8 Å². The molecule has 4 unspecified atom stereocenters. The lowest BCUT2D eigenvalue weighted by molar-refractivity contribution is -0.142. The lowest BCUT2D eigenvalue weighted by atomic mass is 9.92. The maximum absolute atomic E-state index is 13.7. The first-order valence-corrected chi connectivity index (χ1v) is 41.1. The Labute approximate surface area is 639 Å². The molecule has 11 rings (SSSR count). The van der Waals surface area contributed by atoms with E-state index in [1.54, 1.807) is 132 Å². The van der Waals surface area contributed by atoms with Crippen molar-refractivity contribution in [3.63, 3.8) is 0 Å². The lowest BCUT2D eigenvalue weighted by Crippen LogP contribution is -2.51. The molecule has 3 saturated heterocycles. The third-order valence-corrected chi connectivity index (χ3v) is 25.1. The van der Waals surface area contributed by atoms with Crippen molar-refractivity contribution in [2.45, 2.75) is 156 Å². The highest BCUT2D eigenvalue weighted by Crippen LogP contribution is 2.33. The topological polar surface area (TPSA) is 396 Å². The Balaban J connectivity index is 0.000000187. The van der Waals surface area contributed by atoms with Crippen molar-refractivity contribution >= 4 is 110 Å². The van der Waals surface area contributed by atoms with Gasteiger partial charge in [0.15, 0.2) is 0 Å². The fourth-order valence-electron chi connectivity index (χ4n) is 14.0. The summed E-state index contributed by atoms with van der Waals surface area (Å²) in [5.74, 6) is -0.377. The molecular formula is C75H91Cl2N15O13S3. The van der Waals surface area contributed by atoms with Crippen LogP contribution in [0.5, 0.6) is 0 Å². The molecule has 0 spiro atoms. The average molecular weight is 1580 g/mol. The fourth-order valence-corrected chi connectivity index (χ4v) is 18.8. The number of benzene rings is 3. The van der Waals surface area contributed by atoms with E-state index in [9.17, 15) is 65.0 Å². The minimum absolute atomic E-state index is 0.0137. The number of nitrogens with one attached hydrogen (secondary N) is 5. The van der Waals surface area contributed by atoms with Crippen LogP contribution in [0.1, 0.15) is 120 Å². The molecule has 8 aromatic rings. The molecule has 33 heteroatoms. The number of aryl methyl sites for hydroxylation is 3. The Morgan fingerprint density at radius 3 is 1.31 bits per heavy atom. The van der Waals surface area contributed by atoms with Crippen LogP contribution in [0.2, 0.25) is 10.0 Å². The van der Waals surface area contributed by atoms with Crippen LogP contribution in [0, 0.1) is 51.7 Å². The zero-order valence-electron chi connectivity index (χ0n) is 60.4. The number of ether oxygens (including phenoxy) is 2. The zero-order chi connectivity index (χ0) is 77.7. The predicted molar refractivity (Wildman–Crippen MR) is 406 cm³/mol. The number of H-pyrrole nitrogens is 2. The number of hydrogen-bond donors (Lipinski definition) is 6. The number of sulfonamides is 3. The summed E-state index contributed by atoms with van der Waals surface area (Å²) in [7, 11) is -9.46. The van der Waals surface area contributed by atoms with Crippen molar-refractivity contribution in [3.05, 3.63) is 155 Å². The molecule has 4 atom stereocenters. The maximum Gasteiger partial charge on any atom is 0.305 e. The smallest absolute Gasteiger partial charge is 0.305 e. The van der Waals surface area contributed by atoms with Gasteiger partial charge in [0.05, 0.1) is 44.6 Å². The normalized spacial score (nSPS) is 16.0. The second-order valence-corrected chi connectivity index (χ2v) is 32.9. The summed E-state index contributed by atoms with van der Waals surface area (Å²) in [6.07, 6.45) is 18.2. The molecule has 7 N–H and O–H groups in total. The number of nitrogens with zero attached hydrogens (tertiary/aromatic N) is 9. The van der Waals surface area contributed by atoms with E-state index in [0.717, 1.165) is 51.4 Å². The second kappa shape index (κ2) is 38.5. The first-order chi connectivity index (χ1) is 51.8. The van der Waals surface area contributed by atoms with Gasteiger partial charge in [0.1, 0.15) is 53.4 Å². The zero-order valence-corrected chi connectivity index (χ0v) is 64.4. The molecule has 3 aromatic carbocycles. The Morgan fingerprint density at radius 1 is 0.528 bits per heavy atom. The number of anilines is 1. The molecule has 3 aliphatic heterocycles. The van der Waals surface area contributed by atoms with Gasteiger partial charge in [-0.1, -0.05) is 55.1 Å². The number of carbonyl (C=O) groups is 5. The fraction of sp³-hybridized carbons (Fsp3) is 0.440. The number of fused-ring (bicyclic) bond motifs is 2. The van der Waals surface area contributed by atoms with Gasteiger partial charge in [0, 0.05) is 125 Å². The van der Waals surface area contributed by atoms with E-state index >= 15 is 0 Å². The maximum atomic E-state index is 13.7. The molecule has 28 nitrogen and oxygen atoms in total. The van der Waals surface area contributed by atoms with Crippen molar-refractivity contribution in [2.75, 3.05) is 59.2 Å². The number of esters is 2. The van der Waals surface area contributed by atoms with Gasteiger partial charge in [-0.3, -0.25) is 24.0 Å². The van der Waals surface area contributed by atoms with Crippen LogP contribution >= 0.6 is 23.2 Å². The Hall–Kier alpha value is -9.49. The standard InChI is InChI=1S/2C26H31N5O5S.C23H29Cl2N5O3S/c1-36-25(32)10-9-19-5-3-15-31(18-19)26(33)23(12-16-30-14-4-6-20(30)17-27)29-37(34,35)24-8-2-7-22-21(24)11-13-28-22;1-36-25(32)8-7-19-10-15-31(16-11-19)26(33)23(12-17-30-14-3-4-20(30)18-27)29-37(34,35)24-6-2-5-22-21(24)9-13-28-22;1-2-4-16-6-10-30(11-7-16)23(31)21(8-12-29-9-3-5-17(29)15-26)28-34(32,33)18-13-19(24)22(27)20(25)14-18/h2,4,6-8,11,13-14,19,23,28-29H,3,5,9-10,12,15-16,18H2,1H3;2-6,9,13-14,19,23,28-29H,7-8,10-12,15-17H2,1H3;3,5,9,13-14,16,21,28H,2,4,6-8,10-12,27H2,1H3. The number of amides is 3. The first-order valence-electron chi connectivity index (χ1n) is 35.9. The van der Waals surface area contributed by atoms with Gasteiger partial charge in [-0.05, 0) is 173 Å². The minimum atomic E-state index is -4.13. The summed E-state index contributed by atoms with van der Waals surface area (Å²) in [6, 6.07) is 29.2. The molecule has 3 fully saturated rings. The van der Waals surface area contributed by atoms with E-state index < -0.39 is 48.2 Å². The Kier molecular flexibility index (Phi) is 29.5. The number of aromatic amines is 2. The molecule has 5 aromatic heterocycles. The molecule has 0 radical (unpaired) electrons. The number of likely N-dealkylation sites (tertiary alicyclic amines) is 3. The molecule has 3 aliphatic rings. The van der Waals surface area contributed by atoms with Crippen molar-refractivity contribution < 1.29 is 58.7 Å². The molecule has 0 aliphatic carbocycles. The number of nitrogens with two attached hydrogens (primary N) is 1. The van der Waals surface area contributed by atoms with E-state index in [0.29, 0.717) is 129 Å². The van der Waals surface area contributed by atoms with Crippen LogP contribution in [0.15, 0.2) is 143 Å². The molecule has 108 heavy (non-hydrogen) atoms. The van der Waals surface area contributed by atoms with Crippen LogP contribution < -0.4 is 19.9 Å². The van der Waals surface area contributed by atoms with Gasteiger partial charge < -0.3 is 53.6 Å². The summed E-state index contributed by atoms with van der Waals surface area (Å²) in [4.78, 5) is 74.9. The van der Waals surface area contributed by atoms with E-state index in [4.69, 9.17) is 38.4 Å². The van der Waals surface area contributed by atoms with Crippen molar-refractivity contribution in [1.82, 2.24) is 52.5 Å². The van der Waals surface area contributed by atoms with Crippen molar-refractivity contribution in [3.8, 4) is 18.2 Å². The third-order valence-electron chi connectivity index (χ3n) is 20.0. The van der Waals surface area contributed by atoms with Crippen molar-refractivity contribution in [2.24, 2.45) is 17.8 Å². The van der Waals surface area contributed by atoms with E-state index in [1.807, 2.05) is 0 Å². The largest absolute Gasteiger partial charge is 0.469 e. The number of nitrogen functional groups attached to an aromatic ring is 1. The van der Waals surface area contributed by atoms with Gasteiger partial charge in [0.2, 0.25) is 47.8 Å². The van der Waals surface area contributed by atoms with E-state index in [-0.39, 0.29) is 91.7 Å². The average Bonchev–Trinajstić information content (AvgIpc) is 1.56. The molecule has 0 bridgehead atoms. The molecule has 576 valence electrons. The number of nitriles is 3. The number of hydrogen-bond acceptors (Lipinski definition) is 17. The molecular weight excluding hydrogens is 1490 g/mol. The number of carbonyl (C=O) groups excluding carboxylic acids is 5. The number of halogens is 2. The number of methoxy groups -OCH3 is 2. The molecule has 3 amide bonds. The lowest BCUT2D eigenvalue weighted by Gasteiger charge is -2.35. The number of rotatable bonds is 29. The van der Waals surface area contributed by atoms with Gasteiger partial charge in [-0.2, -0.15) is 30.0 Å². The monoisotopic (exact) mass is 1580 g/mol. The summed E-state index contributed by atoms with van der Waals surface area (Å²) in [5, 5.41) is 29.1. The second-order valence-electron chi connectivity index (χ2n) is 27.0. The number of aromatic nitrogens is 5. The van der Waals surface area contributed by atoms with Gasteiger partial charge >= 0.3 is 11.9 Å². The van der Waals surface area contributed by atoms with E-state index in [1.165, 1.54) is 38.5 Å². The minimum Gasteiger partial charge on any atom is -0.469 e. The SMILES string of the molecule is CCCC1CCN(C(=O)C(CCn2cccc2C#N)NS(=O)(=O)c2cc(Cl)c(N)c(Cl)c2)CC1.COC(=O)CCC1CCCN(C(=O)C(CCn2cccc2C#N)NS(=O)(=O)c2cccc3[nH]ccc23)C1.COC(=O)CCC1CCN(C(=O)C(CCn2cccc2C#N)NS(=O)(=O)c2cccc3[nH]ccc23)CC1. The van der Waals surface area contributed by atoms with Gasteiger partial charge in [-0.15, -0.1) is 0 Å². The van der Waals surface area contributed by atoms with Gasteiger partial charge in [-0.25, -0.2) is 25.3 Å². The van der Waals surface area contributed by atoms with Crippen LogP contribution in [-0.4, -0.2) is 165 Å². The number of piperidine rings is 3. The predicted octanol–water partition coefficient (Wildman–Crippen LogP) is 9.56. The van der Waals surface area contributed by atoms with Crippen LogP contribution in [0.3, 0.4) is 0 Å². The van der Waals surface area contributed by atoms with Crippen LogP contribution in [-0.2, 0) is 83.2 Å². The van der Waals surface area contributed by atoms with E-state index in [2.05, 4.69) is 49.3 Å². The molecule has 8 heterocycles. The summed E-state index contributed by atoms with van der Waals surface area (Å²) in [6.45, 7) is 6.18. The van der Waals surface area contributed by atoms with Crippen LogP contribution in [0.4, 0.5) is 5.69 Å². The summed E-state index contributed by atoms with van der Waals surface area (Å²) in [5.41, 5.74) is 8.50. The Bertz CT molecular complexity index is 4920.